The smallest absolute Gasteiger partial charge is 0.248 e. The number of carbonyl (C=O) groups excluding carboxylic acids is 1. The Morgan fingerprint density at radius 1 is 0.968 bits per heavy atom. The lowest BCUT2D eigenvalue weighted by molar-refractivity contribution is -0.111. The van der Waals surface area contributed by atoms with Crippen LogP contribution in [0.3, 0.4) is 0 Å². The van der Waals surface area contributed by atoms with Crippen molar-refractivity contribution < 1.29 is 13.2 Å². The van der Waals surface area contributed by atoms with Crippen LogP contribution >= 0.6 is 0 Å². The van der Waals surface area contributed by atoms with Crippen LogP contribution in [0.15, 0.2) is 83.8 Å². The molecule has 3 aromatic carbocycles. The van der Waals surface area contributed by atoms with Crippen molar-refractivity contribution in [2.45, 2.75) is 4.90 Å². The maximum absolute atomic E-state index is 12.2. The predicted octanol–water partition coefficient (Wildman–Crippen LogP) is 3.79. The molecule has 0 saturated carbocycles. The number of carbonyl (C=O) groups is 1. The van der Waals surface area contributed by atoms with Gasteiger partial charge in [-0.05, 0) is 67.2 Å². The number of sulfonamides is 1. The third kappa shape index (κ3) is 4.71. The zero-order valence-corrected chi connectivity index (χ0v) is 17.5. The Labute approximate surface area is 179 Å². The lowest BCUT2D eigenvalue weighted by Crippen LogP contribution is -2.18. The highest BCUT2D eigenvalue weighted by Gasteiger charge is 2.10. The van der Waals surface area contributed by atoms with Crippen LogP contribution in [-0.4, -0.2) is 31.3 Å². The van der Waals surface area contributed by atoms with Gasteiger partial charge in [-0.3, -0.25) is 4.79 Å². The van der Waals surface area contributed by atoms with Gasteiger partial charge in [-0.1, -0.05) is 24.3 Å². The molecule has 0 atom stereocenters. The summed E-state index contributed by atoms with van der Waals surface area (Å²) >= 11 is 0. The summed E-state index contributed by atoms with van der Waals surface area (Å²) in [5, 5.41) is 2.80. The summed E-state index contributed by atoms with van der Waals surface area (Å²) in [6, 6.07) is 21.5. The second-order valence-electron chi connectivity index (χ2n) is 6.78. The monoisotopic (exact) mass is 432 g/mol. The van der Waals surface area contributed by atoms with E-state index in [1.807, 2.05) is 48.5 Å². The second kappa shape index (κ2) is 8.55. The molecule has 31 heavy (non-hydrogen) atoms. The van der Waals surface area contributed by atoms with Crippen molar-refractivity contribution in [2.24, 2.45) is 0 Å². The van der Waals surface area contributed by atoms with Gasteiger partial charge in [-0.2, -0.15) is 0 Å². The molecule has 1 heterocycles. The predicted molar refractivity (Wildman–Crippen MR) is 122 cm³/mol. The molecule has 7 nitrogen and oxygen atoms in total. The van der Waals surface area contributed by atoms with Crippen molar-refractivity contribution in [2.75, 3.05) is 12.4 Å². The maximum atomic E-state index is 12.2. The molecule has 156 valence electrons. The molecule has 0 bridgehead atoms. The molecule has 0 aliphatic rings. The SMILES string of the molecule is CNS(=O)(=O)c1ccc(/C=C/C(=O)Nc2ccc(-c3nc4ccccc4[nH]3)cc2)cc1. The highest BCUT2D eigenvalue weighted by molar-refractivity contribution is 7.89. The van der Waals surface area contributed by atoms with E-state index in [0.29, 0.717) is 11.3 Å². The van der Waals surface area contributed by atoms with Crippen LogP contribution in [-0.2, 0) is 14.8 Å². The number of hydrogen-bond acceptors (Lipinski definition) is 4. The normalized spacial score (nSPS) is 11.8. The van der Waals surface area contributed by atoms with E-state index in [1.54, 1.807) is 18.2 Å². The molecule has 0 fully saturated rings. The molecule has 0 aliphatic carbocycles. The molecular formula is C23H20N4O3S. The fraction of sp³-hybridized carbons (Fsp3) is 0.0435. The van der Waals surface area contributed by atoms with Crippen molar-refractivity contribution in [3.63, 3.8) is 0 Å². The largest absolute Gasteiger partial charge is 0.338 e. The van der Waals surface area contributed by atoms with Crippen LogP contribution in [0.2, 0.25) is 0 Å². The van der Waals surface area contributed by atoms with Gasteiger partial charge < -0.3 is 10.3 Å². The maximum Gasteiger partial charge on any atom is 0.248 e. The van der Waals surface area contributed by atoms with Gasteiger partial charge in [0.2, 0.25) is 15.9 Å². The Kier molecular flexibility index (Phi) is 5.66. The van der Waals surface area contributed by atoms with Crippen molar-refractivity contribution in [1.82, 2.24) is 14.7 Å². The average molecular weight is 433 g/mol. The Morgan fingerprint density at radius 3 is 2.35 bits per heavy atom. The number of anilines is 1. The van der Waals surface area contributed by atoms with Gasteiger partial charge in [0.1, 0.15) is 5.82 Å². The first-order valence-corrected chi connectivity index (χ1v) is 11.0. The third-order valence-corrected chi connectivity index (χ3v) is 6.13. The Balaban J connectivity index is 1.40. The van der Waals surface area contributed by atoms with Crippen molar-refractivity contribution in [3.05, 3.63) is 84.4 Å². The Morgan fingerprint density at radius 2 is 1.68 bits per heavy atom. The molecule has 1 aromatic heterocycles. The first-order chi connectivity index (χ1) is 14.9. The summed E-state index contributed by atoms with van der Waals surface area (Å²) in [5.41, 5.74) is 4.16. The number of rotatable bonds is 6. The lowest BCUT2D eigenvalue weighted by Gasteiger charge is -2.04. The number of nitrogens with one attached hydrogen (secondary N) is 3. The van der Waals surface area contributed by atoms with Crippen LogP contribution in [0.5, 0.6) is 0 Å². The number of para-hydroxylation sites is 2. The number of fused-ring (bicyclic) bond motifs is 1. The highest BCUT2D eigenvalue weighted by Crippen LogP contribution is 2.22. The van der Waals surface area contributed by atoms with Crippen LogP contribution < -0.4 is 10.0 Å². The van der Waals surface area contributed by atoms with Gasteiger partial charge in [0.15, 0.2) is 0 Å². The van der Waals surface area contributed by atoms with E-state index in [1.165, 1.54) is 25.3 Å². The van der Waals surface area contributed by atoms with Crippen LogP contribution in [0.1, 0.15) is 5.56 Å². The van der Waals surface area contributed by atoms with Gasteiger partial charge in [-0.15, -0.1) is 0 Å². The van der Waals surface area contributed by atoms with Crippen LogP contribution in [0.25, 0.3) is 28.5 Å². The fourth-order valence-corrected chi connectivity index (χ4v) is 3.76. The Hall–Kier alpha value is -3.75. The van der Waals surface area contributed by atoms with Crippen LogP contribution in [0, 0.1) is 0 Å². The van der Waals surface area contributed by atoms with E-state index in [-0.39, 0.29) is 10.8 Å². The molecule has 8 heteroatoms. The first kappa shape index (κ1) is 20.5. The van der Waals surface area contributed by atoms with E-state index >= 15 is 0 Å². The number of imidazole rings is 1. The summed E-state index contributed by atoms with van der Waals surface area (Å²) in [4.78, 5) is 20.2. The molecule has 4 aromatic rings. The first-order valence-electron chi connectivity index (χ1n) is 9.52. The standard InChI is InChI=1S/C23H20N4O3S/c1-24-31(29,30)19-13-6-16(7-14-19)8-15-22(28)25-18-11-9-17(10-12-18)23-26-20-4-2-3-5-21(20)27-23/h2-15,24H,1H3,(H,25,28)(H,26,27)/b15-8+. The summed E-state index contributed by atoms with van der Waals surface area (Å²) in [7, 11) is -2.12. The van der Waals surface area contributed by atoms with Gasteiger partial charge in [0, 0.05) is 17.3 Å². The van der Waals surface area contributed by atoms with Crippen molar-refractivity contribution in [3.8, 4) is 11.4 Å². The molecule has 0 aliphatic heterocycles. The van der Waals surface area contributed by atoms with Gasteiger partial charge >= 0.3 is 0 Å². The van der Waals surface area contributed by atoms with E-state index < -0.39 is 10.0 Å². The molecule has 0 saturated heterocycles. The Bertz CT molecular complexity index is 1320. The minimum absolute atomic E-state index is 0.168. The number of nitrogens with zero attached hydrogens (tertiary/aromatic N) is 1. The summed E-state index contributed by atoms with van der Waals surface area (Å²) < 4.78 is 25.7. The molecule has 0 radical (unpaired) electrons. The molecule has 0 spiro atoms. The number of aromatic nitrogens is 2. The van der Waals surface area contributed by atoms with E-state index in [0.717, 1.165) is 22.4 Å². The van der Waals surface area contributed by atoms with Crippen molar-refractivity contribution in [1.29, 1.82) is 0 Å². The molecule has 3 N–H and O–H groups in total. The lowest BCUT2D eigenvalue weighted by atomic mass is 10.2. The molecule has 0 unspecified atom stereocenters. The molecular weight excluding hydrogens is 412 g/mol. The average Bonchev–Trinajstić information content (AvgIpc) is 3.23. The minimum atomic E-state index is -3.48. The van der Waals surface area contributed by atoms with Crippen molar-refractivity contribution >= 4 is 38.7 Å². The van der Waals surface area contributed by atoms with Gasteiger partial charge in [0.05, 0.1) is 15.9 Å². The zero-order chi connectivity index (χ0) is 21.8. The van der Waals surface area contributed by atoms with Crippen LogP contribution in [0.4, 0.5) is 5.69 Å². The third-order valence-electron chi connectivity index (χ3n) is 4.70. The number of hydrogen-bond donors (Lipinski definition) is 3. The van der Waals surface area contributed by atoms with E-state index in [4.69, 9.17) is 0 Å². The van der Waals surface area contributed by atoms with Gasteiger partial charge in [0.25, 0.3) is 0 Å². The highest BCUT2D eigenvalue weighted by atomic mass is 32.2. The topological polar surface area (TPSA) is 104 Å². The fourth-order valence-electron chi connectivity index (χ4n) is 3.03. The number of H-pyrrole nitrogens is 1. The summed E-state index contributed by atoms with van der Waals surface area (Å²) in [6.45, 7) is 0. The van der Waals surface area contributed by atoms with E-state index in [9.17, 15) is 13.2 Å². The quantitative estimate of drug-likeness (QED) is 0.403. The summed E-state index contributed by atoms with van der Waals surface area (Å²) in [5.74, 6) is 0.478. The number of aromatic amines is 1. The summed E-state index contributed by atoms with van der Waals surface area (Å²) in [6.07, 6.45) is 3.02. The second-order valence-corrected chi connectivity index (χ2v) is 8.67. The number of benzene rings is 3. The number of amides is 1. The zero-order valence-electron chi connectivity index (χ0n) is 16.7. The molecule has 4 rings (SSSR count). The molecule has 1 amide bonds. The minimum Gasteiger partial charge on any atom is -0.338 e. The van der Waals surface area contributed by atoms with Gasteiger partial charge in [-0.25, -0.2) is 18.1 Å². The van der Waals surface area contributed by atoms with E-state index in [2.05, 4.69) is 20.0 Å².